The van der Waals surface area contributed by atoms with Gasteiger partial charge in [-0.1, -0.05) is 0 Å². The Bertz CT molecular complexity index is 643. The number of nitrogens with two attached hydrogens (primary N) is 1. The highest BCUT2D eigenvalue weighted by molar-refractivity contribution is 7.09. The predicted octanol–water partition coefficient (Wildman–Crippen LogP) is 2.02. The first kappa shape index (κ1) is 20.9. The molecule has 140 valence electrons. The Morgan fingerprint density at radius 2 is 1.72 bits per heavy atom. The number of esters is 1. The topological polar surface area (TPSA) is 121 Å². The number of primary amides is 1. The number of rotatable bonds is 5. The van der Waals surface area contributed by atoms with Crippen LogP contribution in [-0.4, -0.2) is 40.2 Å². The lowest BCUT2D eigenvalue weighted by molar-refractivity contribution is -0.157. The van der Waals surface area contributed by atoms with Crippen molar-refractivity contribution in [3.8, 4) is 0 Å². The molecule has 1 atom stereocenters. The van der Waals surface area contributed by atoms with Crippen molar-refractivity contribution in [1.29, 1.82) is 0 Å². The Morgan fingerprint density at radius 3 is 2.16 bits per heavy atom. The average molecular weight is 371 g/mol. The van der Waals surface area contributed by atoms with Crippen LogP contribution in [0.5, 0.6) is 0 Å². The Hall–Kier alpha value is -2.16. The van der Waals surface area contributed by atoms with E-state index in [-0.39, 0.29) is 12.1 Å². The maximum absolute atomic E-state index is 12.4. The van der Waals surface area contributed by atoms with Gasteiger partial charge in [-0.3, -0.25) is 4.79 Å². The summed E-state index contributed by atoms with van der Waals surface area (Å²) in [7, 11) is 0. The molecule has 0 fully saturated rings. The molecular formula is C16H25N3O5S. The molecule has 0 saturated heterocycles. The molecule has 0 bridgehead atoms. The second-order valence-electron chi connectivity index (χ2n) is 7.43. The van der Waals surface area contributed by atoms with Gasteiger partial charge in [-0.2, -0.15) is 0 Å². The summed E-state index contributed by atoms with van der Waals surface area (Å²) in [5, 5.41) is 4.47. The number of hydrogen-bond acceptors (Lipinski definition) is 7. The third-order valence-electron chi connectivity index (χ3n) is 2.57. The first-order valence-electron chi connectivity index (χ1n) is 7.73. The van der Waals surface area contributed by atoms with Gasteiger partial charge in [-0.05, 0) is 41.5 Å². The van der Waals surface area contributed by atoms with E-state index in [2.05, 4.69) is 10.3 Å². The second-order valence-corrected chi connectivity index (χ2v) is 8.37. The van der Waals surface area contributed by atoms with Crippen molar-refractivity contribution in [1.82, 2.24) is 10.3 Å². The summed E-state index contributed by atoms with van der Waals surface area (Å²) < 4.78 is 10.5. The van der Waals surface area contributed by atoms with Gasteiger partial charge in [0.25, 0.3) is 5.91 Å². The summed E-state index contributed by atoms with van der Waals surface area (Å²) in [6.07, 6.45) is -0.679. The van der Waals surface area contributed by atoms with Gasteiger partial charge >= 0.3 is 12.1 Å². The molecule has 1 aromatic rings. The van der Waals surface area contributed by atoms with Crippen LogP contribution < -0.4 is 11.1 Å². The molecule has 1 rings (SSSR count). The van der Waals surface area contributed by atoms with Crippen molar-refractivity contribution in [3.05, 3.63) is 16.1 Å². The van der Waals surface area contributed by atoms with E-state index in [1.54, 1.807) is 41.5 Å². The number of ether oxygens (including phenoxy) is 2. The van der Waals surface area contributed by atoms with Gasteiger partial charge in [0.15, 0.2) is 0 Å². The van der Waals surface area contributed by atoms with Crippen LogP contribution in [0.25, 0.3) is 0 Å². The highest BCUT2D eigenvalue weighted by Crippen LogP contribution is 2.16. The first-order chi connectivity index (χ1) is 11.3. The minimum Gasteiger partial charge on any atom is -0.458 e. The lowest BCUT2D eigenvalue weighted by atomic mass is 10.1. The Balaban J connectivity index is 2.91. The van der Waals surface area contributed by atoms with Gasteiger partial charge in [0.1, 0.15) is 22.9 Å². The molecule has 3 N–H and O–H groups in total. The van der Waals surface area contributed by atoms with Crippen LogP contribution in [0.4, 0.5) is 4.79 Å². The van der Waals surface area contributed by atoms with Crippen LogP contribution in [0.3, 0.4) is 0 Å². The quantitative estimate of drug-likeness (QED) is 0.764. The van der Waals surface area contributed by atoms with E-state index in [1.165, 1.54) is 16.7 Å². The number of alkyl carbamates (subject to hydrolysis) is 1. The third-order valence-corrected chi connectivity index (χ3v) is 3.44. The molecule has 9 heteroatoms. The van der Waals surface area contributed by atoms with Crippen LogP contribution in [0.1, 0.15) is 57.0 Å². The predicted molar refractivity (Wildman–Crippen MR) is 93.3 cm³/mol. The van der Waals surface area contributed by atoms with E-state index in [0.29, 0.717) is 5.01 Å². The van der Waals surface area contributed by atoms with Gasteiger partial charge in [-0.15, -0.1) is 11.3 Å². The van der Waals surface area contributed by atoms with Crippen molar-refractivity contribution >= 4 is 29.3 Å². The zero-order valence-corrected chi connectivity index (χ0v) is 16.2. The van der Waals surface area contributed by atoms with Gasteiger partial charge in [0.05, 0.1) is 5.01 Å². The smallest absolute Gasteiger partial charge is 0.408 e. The van der Waals surface area contributed by atoms with Crippen LogP contribution in [0, 0.1) is 0 Å². The number of hydrogen-bond donors (Lipinski definition) is 2. The van der Waals surface area contributed by atoms with Crippen LogP contribution >= 0.6 is 11.3 Å². The van der Waals surface area contributed by atoms with E-state index in [1.807, 2.05) is 0 Å². The van der Waals surface area contributed by atoms with Gasteiger partial charge in [0, 0.05) is 11.8 Å². The highest BCUT2D eigenvalue weighted by Gasteiger charge is 2.29. The number of aromatic nitrogens is 1. The second kappa shape index (κ2) is 7.81. The van der Waals surface area contributed by atoms with Gasteiger partial charge in [-0.25, -0.2) is 14.6 Å². The van der Waals surface area contributed by atoms with Crippen molar-refractivity contribution in [2.24, 2.45) is 5.73 Å². The normalized spacial score (nSPS) is 13.0. The number of amides is 2. The van der Waals surface area contributed by atoms with Crippen molar-refractivity contribution < 1.29 is 23.9 Å². The summed E-state index contributed by atoms with van der Waals surface area (Å²) in [6.45, 7) is 10.3. The van der Waals surface area contributed by atoms with Gasteiger partial charge in [0.2, 0.25) is 0 Å². The van der Waals surface area contributed by atoms with Crippen LogP contribution in [0.2, 0.25) is 0 Å². The average Bonchev–Trinajstić information content (AvgIpc) is 2.82. The Kier molecular flexibility index (Phi) is 6.53. The molecule has 0 aromatic carbocycles. The maximum Gasteiger partial charge on any atom is 0.408 e. The summed E-state index contributed by atoms with van der Waals surface area (Å²) >= 11 is 1.17. The fraction of sp³-hybridized carbons (Fsp3) is 0.625. The molecule has 25 heavy (non-hydrogen) atoms. The molecule has 0 unspecified atom stereocenters. The van der Waals surface area contributed by atoms with E-state index in [0.717, 1.165) is 0 Å². The van der Waals surface area contributed by atoms with Crippen molar-refractivity contribution in [2.75, 3.05) is 0 Å². The molecule has 0 aliphatic rings. The third kappa shape index (κ3) is 7.97. The van der Waals surface area contributed by atoms with Crippen molar-refractivity contribution in [3.63, 3.8) is 0 Å². The molecule has 8 nitrogen and oxygen atoms in total. The largest absolute Gasteiger partial charge is 0.458 e. The minimum atomic E-state index is -0.999. The van der Waals surface area contributed by atoms with Gasteiger partial charge < -0.3 is 20.5 Å². The SMILES string of the molecule is CC(C)(C)OC(=O)N[C@@H](Cc1nc(C(N)=O)cs1)C(=O)OC(C)(C)C. The number of carbonyl (C=O) groups is 3. The molecule has 2 amide bonds. The molecule has 0 saturated carbocycles. The lowest BCUT2D eigenvalue weighted by Crippen LogP contribution is -2.47. The number of thiazole rings is 1. The maximum atomic E-state index is 12.4. The Morgan fingerprint density at radius 1 is 1.16 bits per heavy atom. The Labute approximate surface area is 151 Å². The summed E-state index contributed by atoms with van der Waals surface area (Å²) in [5.74, 6) is -1.27. The van der Waals surface area contributed by atoms with E-state index in [9.17, 15) is 14.4 Å². The summed E-state index contributed by atoms with van der Waals surface area (Å²) in [6, 6.07) is -0.999. The van der Waals surface area contributed by atoms with Crippen molar-refractivity contribution in [2.45, 2.75) is 65.2 Å². The molecule has 0 aliphatic heterocycles. The zero-order chi connectivity index (χ0) is 19.4. The molecule has 0 radical (unpaired) electrons. The summed E-state index contributed by atoms with van der Waals surface area (Å²) in [5.41, 5.74) is 3.86. The van der Waals surface area contributed by atoms with E-state index >= 15 is 0 Å². The molecular weight excluding hydrogens is 346 g/mol. The lowest BCUT2D eigenvalue weighted by Gasteiger charge is -2.25. The highest BCUT2D eigenvalue weighted by atomic mass is 32.1. The number of carbonyl (C=O) groups excluding carboxylic acids is 3. The monoisotopic (exact) mass is 371 g/mol. The summed E-state index contributed by atoms with van der Waals surface area (Å²) in [4.78, 5) is 39.6. The number of nitrogens with zero attached hydrogens (tertiary/aromatic N) is 1. The van der Waals surface area contributed by atoms with Crippen LogP contribution in [0.15, 0.2) is 5.38 Å². The first-order valence-corrected chi connectivity index (χ1v) is 8.61. The van der Waals surface area contributed by atoms with E-state index in [4.69, 9.17) is 15.2 Å². The molecule has 1 aromatic heterocycles. The minimum absolute atomic E-state index is 0.0616. The molecule has 0 aliphatic carbocycles. The molecule has 0 spiro atoms. The van der Waals surface area contributed by atoms with Crippen LogP contribution in [-0.2, 0) is 20.7 Å². The zero-order valence-electron chi connectivity index (χ0n) is 15.3. The fourth-order valence-electron chi connectivity index (χ4n) is 1.71. The standard InChI is InChI=1S/C16H25N3O5S/c1-15(2,3)23-13(21)9(19-14(22)24-16(4,5)6)7-11-18-10(8-25-11)12(17)20/h8-9H,7H2,1-6H3,(H2,17,20)(H,19,22)/t9-/m0/s1. The van der Waals surface area contributed by atoms with E-state index < -0.39 is 35.2 Å². The fourth-order valence-corrected chi connectivity index (χ4v) is 2.54. The molecule has 1 heterocycles. The number of nitrogens with one attached hydrogen (secondary N) is 1.